The highest BCUT2D eigenvalue weighted by Gasteiger charge is 2.77. The lowest BCUT2D eigenvalue weighted by Gasteiger charge is -2.37. The fraction of sp³-hybridized carbons (Fsp3) is 0.742. The number of nitrogens with zero attached hydrogens (tertiary/aromatic N) is 2. The topological polar surface area (TPSA) is 125 Å². The molecule has 0 aromatic heterocycles. The Labute approximate surface area is 258 Å². The summed E-state index contributed by atoms with van der Waals surface area (Å²) in [6.45, 7) is 12.7. The number of allylic oxidation sites excluding steroid dienone is 1. The summed E-state index contributed by atoms with van der Waals surface area (Å²) in [4.78, 5) is 57.2. The van der Waals surface area contributed by atoms with Crippen molar-refractivity contribution in [1.29, 1.82) is 0 Å². The van der Waals surface area contributed by atoms with Crippen molar-refractivity contribution in [3.8, 4) is 0 Å². The van der Waals surface area contributed by atoms with E-state index in [2.05, 4.69) is 41.3 Å². The molecule has 1 unspecified atom stereocenters. The lowest BCUT2D eigenvalue weighted by molar-refractivity contribution is -0.159. The number of aliphatic hydroxyl groups excluding tert-OH is 1. The quantitative estimate of drug-likeness (QED) is 0.0950. The van der Waals surface area contributed by atoms with E-state index in [4.69, 9.17) is 14.6 Å². The van der Waals surface area contributed by atoms with Crippen LogP contribution in [0, 0.1) is 11.8 Å². The number of unbranched alkanes of at least 4 members (excludes halogenated alkanes) is 4. The first kappa shape index (κ1) is 34.3. The van der Waals surface area contributed by atoms with Crippen molar-refractivity contribution in [3.63, 3.8) is 0 Å². The number of esters is 1. The number of fused-ring (bicyclic) bond motifs is 1. The number of likely N-dealkylation sites (tertiary alicyclic amines) is 1. The van der Waals surface area contributed by atoms with Crippen LogP contribution in [0.2, 0.25) is 0 Å². The van der Waals surface area contributed by atoms with Crippen LogP contribution in [-0.2, 0) is 28.7 Å². The molecular weight excluding hydrogens is 606 g/mol. The van der Waals surface area contributed by atoms with E-state index in [1.54, 1.807) is 28.9 Å². The average Bonchev–Trinajstić information content (AvgIpc) is 3.55. The van der Waals surface area contributed by atoms with E-state index in [-0.39, 0.29) is 35.7 Å². The molecule has 0 aromatic carbocycles. The molecule has 0 aliphatic carbocycles. The minimum Gasteiger partial charge on any atom is -0.460 e. The first-order valence-corrected chi connectivity index (χ1v) is 16.3. The first-order chi connectivity index (χ1) is 20.2. The molecule has 2 N–H and O–H groups in total. The van der Waals surface area contributed by atoms with Gasteiger partial charge in [0.05, 0.1) is 24.5 Å². The molecule has 11 heteroatoms. The monoisotopic (exact) mass is 653 g/mol. The van der Waals surface area contributed by atoms with E-state index in [0.29, 0.717) is 51.7 Å². The largest absolute Gasteiger partial charge is 0.460 e. The van der Waals surface area contributed by atoms with Gasteiger partial charge in [0.1, 0.15) is 17.7 Å². The highest BCUT2D eigenvalue weighted by atomic mass is 79.9. The summed E-state index contributed by atoms with van der Waals surface area (Å²) in [6, 6.07) is -0.853. The maximum absolute atomic E-state index is 14.2. The molecule has 3 aliphatic rings. The first-order valence-electron chi connectivity index (χ1n) is 15.4. The van der Waals surface area contributed by atoms with Gasteiger partial charge in [-0.05, 0) is 39.0 Å². The molecule has 7 atom stereocenters. The molecule has 3 fully saturated rings. The third kappa shape index (κ3) is 7.45. The molecule has 3 aliphatic heterocycles. The number of amides is 3. The number of halogens is 1. The second-order valence-electron chi connectivity index (χ2n) is 11.6. The van der Waals surface area contributed by atoms with Gasteiger partial charge in [-0.15, -0.1) is 13.2 Å². The van der Waals surface area contributed by atoms with E-state index in [0.717, 1.165) is 25.7 Å². The van der Waals surface area contributed by atoms with E-state index < -0.39 is 41.7 Å². The molecule has 0 radical (unpaired) electrons. The van der Waals surface area contributed by atoms with Crippen molar-refractivity contribution in [2.45, 2.75) is 100 Å². The van der Waals surface area contributed by atoms with Crippen LogP contribution in [0.5, 0.6) is 0 Å². The summed E-state index contributed by atoms with van der Waals surface area (Å²) in [5.41, 5.74) is -1.14. The van der Waals surface area contributed by atoms with Gasteiger partial charge in [0.25, 0.3) is 0 Å². The Balaban J connectivity index is 1.85. The van der Waals surface area contributed by atoms with E-state index in [1.165, 1.54) is 0 Å². The lowest BCUT2D eigenvalue weighted by atomic mass is 9.70. The van der Waals surface area contributed by atoms with Crippen molar-refractivity contribution < 1.29 is 33.8 Å². The molecule has 236 valence electrons. The normalized spacial score (nSPS) is 28.3. The molecule has 2 bridgehead atoms. The van der Waals surface area contributed by atoms with Gasteiger partial charge >= 0.3 is 5.97 Å². The third-order valence-electron chi connectivity index (χ3n) is 8.52. The Hall–Kier alpha value is -2.24. The number of hydrogen-bond acceptors (Lipinski definition) is 7. The molecule has 3 amide bonds. The Bertz CT molecular complexity index is 994. The SMILES string of the molecule is C=CCCC(=O)NC[C@H](C)OC(=O)[C@@H]1[C@H]2O[C@@]3(CC2Br)[C@H](C(=O)N(CC=C)CCCC)N(CCCCCCO)C(=O)[C@@H]13. The number of alkyl halides is 1. The van der Waals surface area contributed by atoms with Crippen LogP contribution in [0.1, 0.15) is 71.6 Å². The van der Waals surface area contributed by atoms with Crippen LogP contribution in [0.15, 0.2) is 25.3 Å². The van der Waals surface area contributed by atoms with Gasteiger partial charge in [-0.1, -0.05) is 54.3 Å². The average molecular weight is 655 g/mol. The third-order valence-corrected chi connectivity index (χ3v) is 9.37. The molecule has 0 aromatic rings. The van der Waals surface area contributed by atoms with Crippen LogP contribution in [0.4, 0.5) is 0 Å². The maximum Gasteiger partial charge on any atom is 0.312 e. The molecule has 3 saturated heterocycles. The predicted molar refractivity (Wildman–Crippen MR) is 163 cm³/mol. The minimum absolute atomic E-state index is 0.117. The molecule has 0 saturated carbocycles. The van der Waals surface area contributed by atoms with Gasteiger partial charge < -0.3 is 29.7 Å². The summed E-state index contributed by atoms with van der Waals surface area (Å²) in [5, 5.41) is 11.9. The van der Waals surface area contributed by atoms with Gasteiger partial charge in [0.15, 0.2) is 0 Å². The van der Waals surface area contributed by atoms with Crippen molar-refractivity contribution in [3.05, 3.63) is 25.3 Å². The highest BCUT2D eigenvalue weighted by Crippen LogP contribution is 2.60. The van der Waals surface area contributed by atoms with E-state index >= 15 is 0 Å². The Morgan fingerprint density at radius 1 is 1.24 bits per heavy atom. The Morgan fingerprint density at radius 2 is 1.98 bits per heavy atom. The lowest BCUT2D eigenvalue weighted by Crippen LogP contribution is -2.57. The van der Waals surface area contributed by atoms with E-state index in [1.807, 2.05) is 0 Å². The summed E-state index contributed by atoms with van der Waals surface area (Å²) >= 11 is 3.69. The zero-order valence-electron chi connectivity index (χ0n) is 25.1. The zero-order chi connectivity index (χ0) is 30.9. The number of nitrogens with one attached hydrogen (secondary N) is 1. The van der Waals surface area contributed by atoms with Crippen LogP contribution < -0.4 is 5.32 Å². The van der Waals surface area contributed by atoms with Crippen LogP contribution >= 0.6 is 15.9 Å². The predicted octanol–water partition coefficient (Wildman–Crippen LogP) is 3.12. The molecule has 10 nitrogen and oxygen atoms in total. The molecule has 3 rings (SSSR count). The number of carbonyl (C=O) groups excluding carboxylic acids is 4. The maximum atomic E-state index is 14.2. The van der Waals surface area contributed by atoms with Gasteiger partial charge in [0, 0.05) is 37.5 Å². The summed E-state index contributed by atoms with van der Waals surface area (Å²) < 4.78 is 12.3. The minimum atomic E-state index is -1.14. The van der Waals surface area contributed by atoms with Gasteiger partial charge in [0.2, 0.25) is 17.7 Å². The fourth-order valence-corrected chi connectivity index (χ4v) is 7.48. The molecular formula is C31H48BrN3O7. The van der Waals surface area contributed by atoms with Crippen LogP contribution in [-0.4, -0.2) is 100 Å². The standard InChI is InChI=1S/C31H48BrN3O7/c1-5-8-14-23(37)33-20-21(4)41-30(40)24-25-28(38)35(17-12-10-11-13-18-36)27(31(25)19-22(32)26(24)42-31)29(39)34(15-7-3)16-9-6-2/h5,7,21-22,24-27,36H,1,3,6,8-20H2,2,4H3,(H,33,37)/t21-,22?,24-,25+,26-,27-,31+/m0/s1. The van der Waals surface area contributed by atoms with Crippen molar-refractivity contribution in [2.75, 3.05) is 32.8 Å². The molecule has 1 spiro atoms. The van der Waals surface area contributed by atoms with Crippen molar-refractivity contribution in [2.24, 2.45) is 11.8 Å². The van der Waals surface area contributed by atoms with Gasteiger partial charge in [-0.3, -0.25) is 19.2 Å². The van der Waals surface area contributed by atoms with Gasteiger partial charge in [-0.2, -0.15) is 0 Å². The Kier molecular flexibility index (Phi) is 13.1. The van der Waals surface area contributed by atoms with Crippen LogP contribution in [0.25, 0.3) is 0 Å². The number of hydrogen-bond donors (Lipinski definition) is 2. The molecule has 3 heterocycles. The fourth-order valence-electron chi connectivity index (χ4n) is 6.53. The number of ether oxygens (including phenoxy) is 2. The van der Waals surface area contributed by atoms with Crippen molar-refractivity contribution in [1.82, 2.24) is 15.1 Å². The number of rotatable bonds is 19. The highest BCUT2D eigenvalue weighted by molar-refractivity contribution is 9.09. The second kappa shape index (κ2) is 16.0. The summed E-state index contributed by atoms with van der Waals surface area (Å²) in [7, 11) is 0. The zero-order valence-corrected chi connectivity index (χ0v) is 26.7. The van der Waals surface area contributed by atoms with Crippen LogP contribution in [0.3, 0.4) is 0 Å². The number of carbonyl (C=O) groups is 4. The number of aliphatic hydroxyl groups is 1. The second-order valence-corrected chi connectivity index (χ2v) is 12.8. The smallest absolute Gasteiger partial charge is 0.312 e. The summed E-state index contributed by atoms with van der Waals surface area (Å²) in [6.07, 6.45) is 8.16. The van der Waals surface area contributed by atoms with Crippen molar-refractivity contribution >= 4 is 39.6 Å². The molecule has 42 heavy (non-hydrogen) atoms. The van der Waals surface area contributed by atoms with E-state index in [9.17, 15) is 19.2 Å². The Morgan fingerprint density at radius 3 is 2.64 bits per heavy atom. The van der Waals surface area contributed by atoms with Gasteiger partial charge in [-0.25, -0.2) is 0 Å². The summed E-state index contributed by atoms with van der Waals surface area (Å²) in [5.74, 6) is -2.84.